The van der Waals surface area contributed by atoms with Crippen LogP contribution in [0.3, 0.4) is 0 Å². The summed E-state index contributed by atoms with van der Waals surface area (Å²) in [5, 5.41) is 4.56. The zero-order valence-corrected chi connectivity index (χ0v) is 15.1. The van der Waals surface area contributed by atoms with Gasteiger partial charge >= 0.3 is 0 Å². The minimum Gasteiger partial charge on any atom is -0.379 e. The second kappa shape index (κ2) is 8.07. The molecule has 0 atom stereocenters. The van der Waals surface area contributed by atoms with Crippen LogP contribution in [-0.2, 0) is 17.8 Å². The van der Waals surface area contributed by atoms with Crippen molar-refractivity contribution in [3.8, 4) is 0 Å². The van der Waals surface area contributed by atoms with Crippen molar-refractivity contribution in [1.29, 1.82) is 0 Å². The fourth-order valence-corrected chi connectivity index (χ4v) is 3.80. The molecule has 1 aromatic heterocycles. The second-order valence-corrected chi connectivity index (χ2v) is 7.18. The van der Waals surface area contributed by atoms with Gasteiger partial charge in [0.25, 0.3) is 5.91 Å². The van der Waals surface area contributed by atoms with Crippen molar-refractivity contribution >= 4 is 28.8 Å². The summed E-state index contributed by atoms with van der Waals surface area (Å²) in [6, 6.07) is 7.51. The van der Waals surface area contributed by atoms with Crippen molar-refractivity contribution < 1.29 is 9.53 Å². The lowest BCUT2D eigenvalue weighted by molar-refractivity contribution is 0.0341. The normalized spacial score (nSPS) is 15.4. The van der Waals surface area contributed by atoms with E-state index >= 15 is 0 Å². The minimum atomic E-state index is -0.0989. The number of carbonyl (C=O) groups excluding carboxylic acids is 1. The van der Waals surface area contributed by atoms with Gasteiger partial charge in [-0.3, -0.25) is 9.69 Å². The largest absolute Gasteiger partial charge is 0.379 e. The van der Waals surface area contributed by atoms with E-state index in [1.165, 1.54) is 11.3 Å². The maximum absolute atomic E-state index is 12.4. The van der Waals surface area contributed by atoms with E-state index < -0.39 is 0 Å². The van der Waals surface area contributed by atoms with Gasteiger partial charge < -0.3 is 10.1 Å². The number of hydrogen-bond donors (Lipinski definition) is 1. The highest BCUT2D eigenvalue weighted by Gasteiger charge is 2.18. The number of aromatic nitrogens is 1. The molecule has 0 bridgehead atoms. The first-order valence-electron chi connectivity index (χ1n) is 7.91. The molecule has 0 unspecified atom stereocenters. The van der Waals surface area contributed by atoms with E-state index in [0.717, 1.165) is 49.1 Å². The molecule has 1 aromatic carbocycles. The number of halogens is 1. The van der Waals surface area contributed by atoms with Gasteiger partial charge in [0.15, 0.2) is 0 Å². The van der Waals surface area contributed by atoms with Crippen LogP contribution in [0.25, 0.3) is 0 Å². The highest BCUT2D eigenvalue weighted by atomic mass is 35.5. The Hall–Kier alpha value is -1.47. The maximum Gasteiger partial charge on any atom is 0.263 e. The lowest BCUT2D eigenvalue weighted by Gasteiger charge is -2.25. The molecule has 0 radical (unpaired) electrons. The number of benzene rings is 1. The van der Waals surface area contributed by atoms with Crippen molar-refractivity contribution in [3.63, 3.8) is 0 Å². The number of amides is 1. The Bertz CT molecular complexity index is 714. The summed E-state index contributed by atoms with van der Waals surface area (Å²) in [7, 11) is 0. The van der Waals surface area contributed by atoms with E-state index in [1.54, 1.807) is 0 Å². The summed E-state index contributed by atoms with van der Waals surface area (Å²) in [4.78, 5) is 20.0. The summed E-state index contributed by atoms with van der Waals surface area (Å²) in [6.45, 7) is 6.40. The number of rotatable bonds is 5. The van der Waals surface area contributed by atoms with Crippen LogP contribution in [0.15, 0.2) is 24.3 Å². The van der Waals surface area contributed by atoms with Crippen molar-refractivity contribution in [2.24, 2.45) is 0 Å². The molecule has 0 aliphatic carbocycles. The van der Waals surface area contributed by atoms with Crippen molar-refractivity contribution in [2.45, 2.75) is 20.0 Å². The van der Waals surface area contributed by atoms with E-state index in [0.29, 0.717) is 16.4 Å². The minimum absolute atomic E-state index is 0.0989. The topological polar surface area (TPSA) is 54.5 Å². The Balaban J connectivity index is 1.61. The van der Waals surface area contributed by atoms with Crippen LogP contribution in [-0.4, -0.2) is 42.1 Å². The smallest absolute Gasteiger partial charge is 0.263 e. The Morgan fingerprint density at radius 2 is 2.12 bits per heavy atom. The Morgan fingerprint density at radius 3 is 2.88 bits per heavy atom. The van der Waals surface area contributed by atoms with Gasteiger partial charge in [0.05, 0.1) is 25.5 Å². The van der Waals surface area contributed by atoms with Crippen LogP contribution in [0, 0.1) is 6.92 Å². The van der Waals surface area contributed by atoms with E-state index in [9.17, 15) is 4.79 Å². The average Bonchev–Trinajstić information content (AvgIpc) is 2.95. The summed E-state index contributed by atoms with van der Waals surface area (Å²) in [5.41, 5.74) is 1.68. The first-order chi connectivity index (χ1) is 11.6. The highest BCUT2D eigenvalue weighted by molar-refractivity contribution is 7.13. The van der Waals surface area contributed by atoms with Crippen LogP contribution < -0.4 is 5.32 Å². The second-order valence-electron chi connectivity index (χ2n) is 5.68. The van der Waals surface area contributed by atoms with E-state index in [-0.39, 0.29) is 5.91 Å². The third kappa shape index (κ3) is 4.33. The van der Waals surface area contributed by atoms with E-state index in [2.05, 4.69) is 15.2 Å². The Morgan fingerprint density at radius 1 is 1.38 bits per heavy atom. The third-order valence-corrected chi connectivity index (χ3v) is 5.42. The molecule has 24 heavy (non-hydrogen) atoms. The van der Waals surface area contributed by atoms with Gasteiger partial charge in [0.2, 0.25) is 0 Å². The van der Waals surface area contributed by atoms with Gasteiger partial charge in [0.1, 0.15) is 9.88 Å². The summed E-state index contributed by atoms with van der Waals surface area (Å²) < 4.78 is 5.35. The van der Waals surface area contributed by atoms with Gasteiger partial charge in [-0.05, 0) is 18.6 Å². The highest BCUT2D eigenvalue weighted by Crippen LogP contribution is 2.21. The molecular formula is C17H20ClN3O2S. The fourth-order valence-electron chi connectivity index (χ4n) is 2.58. The zero-order chi connectivity index (χ0) is 16.9. The predicted molar refractivity (Wildman–Crippen MR) is 95.6 cm³/mol. The Labute approximate surface area is 150 Å². The molecule has 2 heterocycles. The molecule has 0 spiro atoms. The number of hydrogen-bond acceptors (Lipinski definition) is 5. The average molecular weight is 366 g/mol. The third-order valence-electron chi connectivity index (χ3n) is 3.91. The number of nitrogens with zero attached hydrogens (tertiary/aromatic N) is 2. The molecule has 1 fully saturated rings. The molecule has 1 aliphatic heterocycles. The first kappa shape index (κ1) is 17.4. The number of thiazole rings is 1. The van der Waals surface area contributed by atoms with Crippen LogP contribution in [0.5, 0.6) is 0 Å². The molecule has 3 rings (SSSR count). The first-order valence-corrected chi connectivity index (χ1v) is 9.11. The van der Waals surface area contributed by atoms with E-state index in [1.807, 2.05) is 31.2 Å². The number of aryl methyl sites for hydroxylation is 1. The molecule has 2 aromatic rings. The van der Waals surface area contributed by atoms with Gasteiger partial charge in [-0.1, -0.05) is 29.8 Å². The SMILES string of the molecule is Cc1nc(CN2CCOCC2)sc1C(=O)NCc1ccccc1Cl. The lowest BCUT2D eigenvalue weighted by atomic mass is 10.2. The lowest BCUT2D eigenvalue weighted by Crippen LogP contribution is -2.35. The zero-order valence-electron chi connectivity index (χ0n) is 13.5. The molecule has 1 aliphatic rings. The Kier molecular flexibility index (Phi) is 5.84. The summed E-state index contributed by atoms with van der Waals surface area (Å²) in [5.74, 6) is -0.0989. The van der Waals surface area contributed by atoms with Crippen molar-refractivity contribution in [3.05, 3.63) is 50.4 Å². The molecule has 128 valence electrons. The van der Waals surface area contributed by atoms with Crippen LogP contribution in [0.4, 0.5) is 0 Å². The van der Waals surface area contributed by atoms with Crippen molar-refractivity contribution in [1.82, 2.24) is 15.2 Å². The standard InChI is InChI=1S/C17H20ClN3O2S/c1-12-16(17(22)19-10-13-4-2-3-5-14(13)18)24-15(20-12)11-21-6-8-23-9-7-21/h2-5H,6-11H2,1H3,(H,19,22). The van der Waals surface area contributed by atoms with E-state index in [4.69, 9.17) is 16.3 Å². The summed E-state index contributed by atoms with van der Waals surface area (Å²) in [6.07, 6.45) is 0. The predicted octanol–water partition coefficient (Wildman–Crippen LogP) is 2.87. The van der Waals surface area contributed by atoms with Gasteiger partial charge in [0, 0.05) is 24.7 Å². The summed E-state index contributed by atoms with van der Waals surface area (Å²) >= 11 is 7.58. The number of morpholine rings is 1. The van der Waals surface area contributed by atoms with Crippen LogP contribution in [0.2, 0.25) is 5.02 Å². The molecule has 0 saturated carbocycles. The maximum atomic E-state index is 12.4. The van der Waals surface area contributed by atoms with Gasteiger partial charge in [-0.15, -0.1) is 11.3 Å². The fraction of sp³-hybridized carbons (Fsp3) is 0.412. The van der Waals surface area contributed by atoms with Crippen LogP contribution >= 0.6 is 22.9 Å². The number of ether oxygens (including phenoxy) is 1. The molecule has 1 N–H and O–H groups in total. The molecule has 5 nitrogen and oxygen atoms in total. The molecule has 1 saturated heterocycles. The van der Waals surface area contributed by atoms with Crippen LogP contribution in [0.1, 0.15) is 25.9 Å². The molecule has 1 amide bonds. The number of carbonyl (C=O) groups is 1. The monoisotopic (exact) mass is 365 g/mol. The van der Waals surface area contributed by atoms with Gasteiger partial charge in [-0.2, -0.15) is 0 Å². The molecule has 7 heteroatoms. The van der Waals surface area contributed by atoms with Crippen molar-refractivity contribution in [2.75, 3.05) is 26.3 Å². The quantitative estimate of drug-likeness (QED) is 0.885. The number of nitrogens with one attached hydrogen (secondary N) is 1. The van der Waals surface area contributed by atoms with Gasteiger partial charge in [-0.25, -0.2) is 4.98 Å². The molecular weight excluding hydrogens is 346 g/mol.